The Hall–Kier alpha value is -0.200. The van der Waals surface area contributed by atoms with Gasteiger partial charge in [-0.25, -0.2) is 0 Å². The highest BCUT2D eigenvalue weighted by Gasteiger charge is 2.33. The maximum Gasteiger partial charge on any atom is 0.230 e. The highest BCUT2D eigenvalue weighted by molar-refractivity contribution is 8.06. The Morgan fingerprint density at radius 1 is 1.33 bits per heavy atom. The molecule has 1 aliphatic carbocycles. The van der Waals surface area contributed by atoms with E-state index in [1.54, 1.807) is 0 Å². The number of nitrogens with zero attached hydrogens (tertiary/aromatic N) is 2. The van der Waals surface area contributed by atoms with Gasteiger partial charge in [-0.15, -0.1) is 11.8 Å². The van der Waals surface area contributed by atoms with E-state index >= 15 is 0 Å². The molecular weight excluding hydrogens is 266 g/mol. The summed E-state index contributed by atoms with van der Waals surface area (Å²) in [7, 11) is 0. The predicted octanol–water partition coefficient (Wildman–Crippen LogP) is 2.43. The maximum absolute atomic E-state index is 5.81. The second-order valence-corrected chi connectivity index (χ2v) is 7.42. The molecule has 2 N–H and O–H groups in total. The molecule has 100 valence electrons. The van der Waals surface area contributed by atoms with Gasteiger partial charge in [-0.3, -0.25) is 0 Å². The first kappa shape index (κ1) is 12.8. The Kier molecular flexibility index (Phi) is 4.16. The van der Waals surface area contributed by atoms with Crippen LogP contribution < -0.4 is 5.73 Å². The van der Waals surface area contributed by atoms with Crippen molar-refractivity contribution in [1.29, 1.82) is 0 Å². The number of nitrogens with two attached hydrogens (primary N) is 1. The van der Waals surface area contributed by atoms with E-state index in [9.17, 15) is 0 Å². The van der Waals surface area contributed by atoms with Crippen LogP contribution in [-0.4, -0.2) is 33.9 Å². The molecule has 0 radical (unpaired) electrons. The number of hydrogen-bond acceptors (Lipinski definition) is 6. The first-order chi connectivity index (χ1) is 8.88. The van der Waals surface area contributed by atoms with Gasteiger partial charge in [0, 0.05) is 23.2 Å². The lowest BCUT2D eigenvalue weighted by Crippen LogP contribution is -2.17. The minimum atomic E-state index is 0.400. The molecule has 0 spiro atoms. The standard InChI is InChI=1S/C12H19N3OS2/c13-6-8-2-1-3-9(8)12-14-11(15-16-12)10-7-17-4-5-18-10/h8-10H,1-7,13H2. The molecule has 1 aliphatic heterocycles. The van der Waals surface area contributed by atoms with E-state index in [2.05, 4.69) is 10.1 Å². The molecule has 1 aromatic heterocycles. The zero-order valence-electron chi connectivity index (χ0n) is 10.4. The van der Waals surface area contributed by atoms with E-state index in [4.69, 9.17) is 10.3 Å². The van der Waals surface area contributed by atoms with Crippen molar-refractivity contribution in [2.24, 2.45) is 11.7 Å². The maximum atomic E-state index is 5.81. The first-order valence-corrected chi connectivity index (χ1v) is 8.81. The van der Waals surface area contributed by atoms with Crippen LogP contribution in [0.5, 0.6) is 0 Å². The fourth-order valence-corrected chi connectivity index (χ4v) is 5.40. The normalized spacial score (nSPS) is 32.8. The highest BCUT2D eigenvalue weighted by Crippen LogP contribution is 2.40. The molecule has 1 aromatic rings. The summed E-state index contributed by atoms with van der Waals surface area (Å²) in [6.07, 6.45) is 3.58. The summed E-state index contributed by atoms with van der Waals surface area (Å²) in [4.78, 5) is 4.65. The van der Waals surface area contributed by atoms with Gasteiger partial charge in [0.15, 0.2) is 5.82 Å². The summed E-state index contributed by atoms with van der Waals surface area (Å²) in [5.74, 6) is 6.19. The summed E-state index contributed by atoms with van der Waals surface area (Å²) in [6.45, 7) is 0.733. The Morgan fingerprint density at radius 2 is 2.28 bits per heavy atom. The van der Waals surface area contributed by atoms with Crippen molar-refractivity contribution in [3.8, 4) is 0 Å². The van der Waals surface area contributed by atoms with Crippen molar-refractivity contribution in [3.63, 3.8) is 0 Å². The number of aromatic nitrogens is 2. The lowest BCUT2D eigenvalue weighted by molar-refractivity contribution is 0.323. The Balaban J connectivity index is 1.72. The van der Waals surface area contributed by atoms with Crippen LogP contribution in [0.3, 0.4) is 0 Å². The second kappa shape index (κ2) is 5.84. The molecule has 2 fully saturated rings. The third-order valence-corrected chi connectivity index (χ3v) is 6.59. The van der Waals surface area contributed by atoms with Crippen LogP contribution in [0.2, 0.25) is 0 Å². The van der Waals surface area contributed by atoms with Crippen LogP contribution in [0.15, 0.2) is 4.52 Å². The van der Waals surface area contributed by atoms with E-state index in [-0.39, 0.29) is 0 Å². The number of rotatable bonds is 3. The molecule has 1 saturated carbocycles. The van der Waals surface area contributed by atoms with Gasteiger partial charge in [0.2, 0.25) is 5.89 Å². The molecule has 4 nitrogen and oxygen atoms in total. The van der Waals surface area contributed by atoms with Gasteiger partial charge in [-0.1, -0.05) is 11.6 Å². The molecule has 0 amide bonds. The SMILES string of the molecule is NCC1CCCC1c1nc(C2CSCCS2)no1. The summed E-state index contributed by atoms with van der Waals surface area (Å²) >= 11 is 3.93. The van der Waals surface area contributed by atoms with Crippen LogP contribution >= 0.6 is 23.5 Å². The molecule has 0 bridgehead atoms. The van der Waals surface area contributed by atoms with Gasteiger partial charge < -0.3 is 10.3 Å². The lowest BCUT2D eigenvalue weighted by atomic mass is 9.96. The van der Waals surface area contributed by atoms with E-state index in [1.807, 2.05) is 23.5 Å². The number of hydrogen-bond donors (Lipinski definition) is 1. The molecule has 3 rings (SSSR count). The van der Waals surface area contributed by atoms with Crippen molar-refractivity contribution >= 4 is 23.5 Å². The second-order valence-electron chi connectivity index (χ2n) is 4.96. The van der Waals surface area contributed by atoms with Gasteiger partial charge in [-0.05, 0) is 25.3 Å². The van der Waals surface area contributed by atoms with E-state index in [1.165, 1.54) is 24.3 Å². The van der Waals surface area contributed by atoms with Gasteiger partial charge in [0.05, 0.1) is 5.25 Å². The first-order valence-electron chi connectivity index (χ1n) is 6.61. The monoisotopic (exact) mass is 285 g/mol. The van der Waals surface area contributed by atoms with E-state index in [0.717, 1.165) is 30.4 Å². The van der Waals surface area contributed by atoms with E-state index < -0.39 is 0 Å². The van der Waals surface area contributed by atoms with Crippen LogP contribution in [-0.2, 0) is 0 Å². The van der Waals surface area contributed by atoms with Gasteiger partial charge in [-0.2, -0.15) is 16.7 Å². The van der Waals surface area contributed by atoms with E-state index in [0.29, 0.717) is 17.1 Å². The Morgan fingerprint density at radius 3 is 3.06 bits per heavy atom. The van der Waals surface area contributed by atoms with Gasteiger partial charge >= 0.3 is 0 Å². The average molecular weight is 285 g/mol. The third-order valence-electron chi connectivity index (χ3n) is 3.84. The van der Waals surface area contributed by atoms with Crippen LogP contribution in [0, 0.1) is 5.92 Å². The smallest absolute Gasteiger partial charge is 0.230 e. The highest BCUT2D eigenvalue weighted by atomic mass is 32.2. The topological polar surface area (TPSA) is 64.9 Å². The van der Waals surface area contributed by atoms with Crippen molar-refractivity contribution in [2.45, 2.75) is 30.4 Å². The van der Waals surface area contributed by atoms with Crippen LogP contribution in [0.4, 0.5) is 0 Å². The zero-order valence-corrected chi connectivity index (χ0v) is 12.0. The molecule has 2 heterocycles. The lowest BCUT2D eigenvalue weighted by Gasteiger charge is -2.17. The Labute approximate surface area is 116 Å². The molecular formula is C12H19N3OS2. The summed E-state index contributed by atoms with van der Waals surface area (Å²) in [6, 6.07) is 0. The van der Waals surface area contributed by atoms with Crippen LogP contribution in [0.25, 0.3) is 0 Å². The minimum absolute atomic E-state index is 0.400. The minimum Gasteiger partial charge on any atom is -0.339 e. The van der Waals surface area contributed by atoms with Crippen molar-refractivity contribution in [3.05, 3.63) is 11.7 Å². The zero-order chi connectivity index (χ0) is 12.4. The molecule has 6 heteroatoms. The van der Waals surface area contributed by atoms with Crippen molar-refractivity contribution < 1.29 is 4.52 Å². The quantitative estimate of drug-likeness (QED) is 0.920. The Bertz CT molecular complexity index is 392. The summed E-state index contributed by atoms with van der Waals surface area (Å²) in [5, 5.41) is 4.61. The molecule has 2 aliphatic rings. The molecule has 3 atom stereocenters. The number of thioether (sulfide) groups is 2. The van der Waals surface area contributed by atoms with Crippen molar-refractivity contribution in [1.82, 2.24) is 10.1 Å². The fraction of sp³-hybridized carbons (Fsp3) is 0.833. The molecule has 18 heavy (non-hydrogen) atoms. The summed E-state index contributed by atoms with van der Waals surface area (Å²) in [5.41, 5.74) is 5.81. The largest absolute Gasteiger partial charge is 0.339 e. The van der Waals surface area contributed by atoms with Crippen LogP contribution in [0.1, 0.15) is 42.1 Å². The van der Waals surface area contributed by atoms with Gasteiger partial charge in [0.25, 0.3) is 0 Å². The molecule has 3 unspecified atom stereocenters. The predicted molar refractivity (Wildman–Crippen MR) is 76.0 cm³/mol. The fourth-order valence-electron chi connectivity index (χ4n) is 2.81. The van der Waals surface area contributed by atoms with Crippen molar-refractivity contribution in [2.75, 3.05) is 23.8 Å². The molecule has 1 saturated heterocycles. The average Bonchev–Trinajstić information content (AvgIpc) is 3.08. The molecule has 0 aromatic carbocycles. The summed E-state index contributed by atoms with van der Waals surface area (Å²) < 4.78 is 5.49. The third kappa shape index (κ3) is 2.56. The van der Waals surface area contributed by atoms with Gasteiger partial charge in [0.1, 0.15) is 0 Å².